The summed E-state index contributed by atoms with van der Waals surface area (Å²) in [5, 5.41) is 6.22. The highest BCUT2D eigenvalue weighted by Crippen LogP contribution is 2.52. The highest BCUT2D eigenvalue weighted by Gasteiger charge is 2.54. The summed E-state index contributed by atoms with van der Waals surface area (Å²) in [6, 6.07) is -2.33. The third kappa shape index (κ3) is 43.5. The Balaban J connectivity index is 2.74. The average Bonchev–Trinajstić information content (AvgIpc) is 0.780. The number of ether oxygens (including phenoxy) is 10. The summed E-state index contributed by atoms with van der Waals surface area (Å²) in [6.07, 6.45) is 39.6. The fourth-order valence-corrected chi connectivity index (χ4v) is 13.8. The van der Waals surface area contributed by atoms with Gasteiger partial charge in [0.1, 0.15) is 55.0 Å². The smallest absolute Gasteiger partial charge is 0.471 e. The number of amides is 2. The van der Waals surface area contributed by atoms with Crippen LogP contribution in [-0.4, -0.2) is 152 Å². The van der Waals surface area contributed by atoms with Crippen LogP contribution in [0.15, 0.2) is 62.5 Å². The second-order valence-electron chi connectivity index (χ2n) is 26.9. The number of carbonyl (C=O) groups excluding carboxylic acids is 4. The molecule has 0 bridgehead atoms. The van der Waals surface area contributed by atoms with Crippen LogP contribution in [0.25, 0.3) is 0 Å². The lowest BCUT2D eigenvalue weighted by atomic mass is 9.95. The van der Waals surface area contributed by atoms with Crippen LogP contribution in [0.1, 0.15) is 291 Å². The molecular weight excluding hydrogens is 1300 g/mol. The summed E-state index contributed by atoms with van der Waals surface area (Å²) in [4.78, 5) is 56.2. The van der Waals surface area contributed by atoms with Crippen LogP contribution in [0.5, 0.6) is 0 Å². The molecule has 2 amide bonds. The maximum Gasteiger partial charge on any atom is 0.509 e. The van der Waals surface area contributed by atoms with Gasteiger partial charge in [0.15, 0.2) is 12.4 Å². The number of allylic oxidation sites excluding steroid dienone is 3. The van der Waals surface area contributed by atoms with Crippen molar-refractivity contribution in [3.63, 3.8) is 0 Å². The fraction of sp³-hybridized carbons (Fsp3) is 0.823. The lowest BCUT2D eigenvalue weighted by Crippen LogP contribution is -2.68. The van der Waals surface area contributed by atoms with Crippen molar-refractivity contribution in [1.82, 2.24) is 10.6 Å². The summed E-state index contributed by atoms with van der Waals surface area (Å²) in [5.41, 5.74) is 0. The molecular formula is C79H141N2O18P. The highest BCUT2D eigenvalue weighted by molar-refractivity contribution is 7.48. The van der Waals surface area contributed by atoms with Gasteiger partial charge in [0, 0.05) is 40.3 Å². The highest BCUT2D eigenvalue weighted by atomic mass is 31.2. The Morgan fingerprint density at radius 1 is 0.500 bits per heavy atom. The number of carbonyl (C=O) groups is 4. The van der Waals surface area contributed by atoms with Gasteiger partial charge in [0.25, 0.3) is 0 Å². The first-order valence-corrected chi connectivity index (χ1v) is 40.7. The Bertz CT molecular complexity index is 2170. The molecule has 21 heteroatoms. The van der Waals surface area contributed by atoms with Gasteiger partial charge in [-0.2, -0.15) is 0 Å². The molecule has 580 valence electrons. The maximum absolute atomic E-state index is 14.8. The second kappa shape index (κ2) is 62.6. The first-order valence-electron chi connectivity index (χ1n) is 39.3. The number of phosphoric acid groups is 1. The quantitative estimate of drug-likeness (QED) is 0.0144. The molecule has 2 saturated heterocycles. The minimum atomic E-state index is -4.49. The topological polar surface area (TPSA) is 229 Å². The van der Waals surface area contributed by atoms with Gasteiger partial charge in [-0.3, -0.25) is 28.0 Å². The molecule has 20 nitrogen and oxygen atoms in total. The van der Waals surface area contributed by atoms with Gasteiger partial charge in [-0.05, 0) is 64.7 Å². The van der Waals surface area contributed by atoms with Crippen LogP contribution in [-0.2, 0) is 79.9 Å². The summed E-state index contributed by atoms with van der Waals surface area (Å²) < 4.78 is 96.9. The summed E-state index contributed by atoms with van der Waals surface area (Å²) in [6.45, 7) is 21.0. The number of ketones is 1. The molecule has 2 heterocycles. The Kier molecular flexibility index (Phi) is 57.8. The molecule has 2 aliphatic rings. The minimum absolute atomic E-state index is 0.103. The number of methoxy groups -OCH3 is 2. The van der Waals surface area contributed by atoms with Crippen molar-refractivity contribution in [3.8, 4) is 0 Å². The van der Waals surface area contributed by atoms with Gasteiger partial charge in [-0.25, -0.2) is 9.36 Å². The standard InChI is InChI=1S/C79H141N2O18P/c1-11-19-23-27-30-33-34-35-36-37-38-40-42-46-50-54-69(83)80-72-76(90-61-55-66(88-10)53-49-44-26-22-14-4)74(99-100(86,94-58-17-7)95-59-18-8)67(63-87-9)96-78(72)93-64-68-73(98-79(85)92-57-16-6)75(89-60-51-47-43-32-29-25-21-13-3)71(77(97-68)91-56-15-5)81-70(84)62-65(82)52-48-45-41-39-31-28-24-20-12-2/h15-18,33-34,56,66-68,71-78H,6-8,11-14,19-32,35-55,57-64H2,1-5,9-10H3,(H,80,83)(H,81,84)/t66-,67-,68-,71-,72-,73-,74-,75-,76-,77?,78-/m1/s1. The minimum Gasteiger partial charge on any atom is -0.471 e. The number of hydrogen-bond acceptors (Lipinski definition) is 18. The molecule has 2 N–H and O–H groups in total. The summed E-state index contributed by atoms with van der Waals surface area (Å²) in [7, 11) is -1.33. The van der Waals surface area contributed by atoms with E-state index in [9.17, 15) is 23.7 Å². The Hall–Kier alpha value is -3.79. The molecule has 0 aromatic carbocycles. The molecule has 2 rings (SSSR count). The number of phosphoric ester groups is 1. The molecule has 0 aromatic heterocycles. The monoisotopic (exact) mass is 1440 g/mol. The average molecular weight is 1440 g/mol. The lowest BCUT2D eigenvalue weighted by Gasteiger charge is -2.48. The molecule has 100 heavy (non-hydrogen) atoms. The molecule has 1 unspecified atom stereocenters. The van der Waals surface area contributed by atoms with Crippen LogP contribution in [0.2, 0.25) is 0 Å². The van der Waals surface area contributed by atoms with Crippen LogP contribution in [0, 0.1) is 0 Å². The molecule has 0 aromatic rings. The van der Waals surface area contributed by atoms with Crippen LogP contribution in [0.3, 0.4) is 0 Å². The van der Waals surface area contributed by atoms with E-state index in [0.29, 0.717) is 25.7 Å². The summed E-state index contributed by atoms with van der Waals surface area (Å²) in [5.74, 6) is -1.10. The lowest BCUT2D eigenvalue weighted by molar-refractivity contribution is -0.303. The molecule has 0 saturated carbocycles. The number of Topliss-reactive ketones (excluding diaryl/α,β-unsaturated/α-hetero) is 1. The van der Waals surface area contributed by atoms with Crippen molar-refractivity contribution in [3.05, 3.63) is 62.5 Å². The van der Waals surface area contributed by atoms with E-state index in [1.807, 2.05) is 0 Å². The van der Waals surface area contributed by atoms with Crippen LogP contribution in [0.4, 0.5) is 4.79 Å². The number of nitrogens with one attached hydrogen (secondary N) is 2. The first kappa shape index (κ1) is 92.3. The zero-order chi connectivity index (χ0) is 73.0. The van der Waals surface area contributed by atoms with Gasteiger partial charge in [0.05, 0.1) is 45.2 Å². The van der Waals surface area contributed by atoms with Gasteiger partial charge >= 0.3 is 14.0 Å². The van der Waals surface area contributed by atoms with Gasteiger partial charge in [-0.15, -0.1) is 13.2 Å². The van der Waals surface area contributed by atoms with Crippen LogP contribution >= 0.6 is 7.82 Å². The largest absolute Gasteiger partial charge is 0.509 e. The molecule has 0 radical (unpaired) electrons. The van der Waals surface area contributed by atoms with E-state index in [2.05, 4.69) is 70.2 Å². The SMILES string of the molecule is C=CCOC(=O)O[C@H]1[C@H](OCCCCCCCCCC)[C@@H](NC(=O)CC(=O)CCCCCCCCCCC)C(OC=CC)O[C@@H]1CO[C@@H]1O[C@H](COC)[C@@H](OP(=O)(OCC=C)OCC=C)[C@H](OCC[C@@H](CCCCCCC)OC)[C@H]1NC(=O)CCCCCCCCCC=CCCCCCC. The van der Waals surface area contributed by atoms with Crippen molar-refractivity contribution in [2.45, 2.75) is 359 Å². The molecule has 2 fully saturated rings. The first-order chi connectivity index (χ1) is 48.8. The Morgan fingerprint density at radius 2 is 0.970 bits per heavy atom. The number of rotatable bonds is 68. The fourth-order valence-electron chi connectivity index (χ4n) is 12.5. The second-order valence-corrected chi connectivity index (χ2v) is 28.5. The summed E-state index contributed by atoms with van der Waals surface area (Å²) >= 11 is 0. The van der Waals surface area contributed by atoms with E-state index in [0.717, 1.165) is 141 Å². The number of unbranched alkanes of at least 4 members (excludes halogenated alkanes) is 30. The zero-order valence-corrected chi connectivity index (χ0v) is 64.4. The van der Waals surface area contributed by atoms with E-state index in [4.69, 9.17) is 60.9 Å². The molecule has 0 spiro atoms. The van der Waals surface area contributed by atoms with Crippen molar-refractivity contribution in [1.29, 1.82) is 0 Å². The van der Waals surface area contributed by atoms with Gasteiger partial charge in [0.2, 0.25) is 18.1 Å². The van der Waals surface area contributed by atoms with E-state index in [1.165, 1.54) is 102 Å². The van der Waals surface area contributed by atoms with E-state index < -0.39 is 94.2 Å². The third-order valence-electron chi connectivity index (χ3n) is 18.2. The predicted octanol–water partition coefficient (Wildman–Crippen LogP) is 18.8. The molecule has 2 aliphatic heterocycles. The van der Waals surface area contributed by atoms with Crippen molar-refractivity contribution < 1.29 is 84.7 Å². The van der Waals surface area contributed by atoms with Gasteiger partial charge < -0.3 is 58.0 Å². The van der Waals surface area contributed by atoms with E-state index >= 15 is 0 Å². The molecule has 0 aliphatic carbocycles. The van der Waals surface area contributed by atoms with Crippen molar-refractivity contribution in [2.24, 2.45) is 0 Å². The zero-order valence-electron chi connectivity index (χ0n) is 63.5. The third-order valence-corrected chi connectivity index (χ3v) is 19.6. The van der Waals surface area contributed by atoms with Gasteiger partial charge in [-0.1, -0.05) is 251 Å². The maximum atomic E-state index is 14.8. The number of hydrogen-bond donors (Lipinski definition) is 2. The van der Waals surface area contributed by atoms with E-state index in [-0.39, 0.29) is 70.3 Å². The van der Waals surface area contributed by atoms with Crippen molar-refractivity contribution >= 4 is 31.6 Å². The van der Waals surface area contributed by atoms with Crippen molar-refractivity contribution in [2.75, 3.05) is 60.5 Å². The molecule has 11 atom stereocenters. The Labute approximate surface area is 606 Å². The predicted molar refractivity (Wildman–Crippen MR) is 398 cm³/mol. The Morgan fingerprint density at radius 3 is 1.52 bits per heavy atom. The van der Waals surface area contributed by atoms with E-state index in [1.54, 1.807) is 20.1 Å². The normalized spacial score (nSPS) is 21.3. The van der Waals surface area contributed by atoms with Crippen LogP contribution < -0.4 is 10.6 Å².